The average Bonchev–Trinajstić information content (AvgIpc) is 3.10. The van der Waals surface area contributed by atoms with Crippen LogP contribution in [0.5, 0.6) is 5.75 Å². The Morgan fingerprint density at radius 1 is 1.53 bits per heavy atom. The summed E-state index contributed by atoms with van der Waals surface area (Å²) in [6, 6.07) is 3.53. The number of halogens is 1. The van der Waals surface area contributed by atoms with Crippen molar-refractivity contribution in [1.82, 2.24) is 0 Å². The fourth-order valence-corrected chi connectivity index (χ4v) is 2.93. The van der Waals surface area contributed by atoms with E-state index < -0.39 is 0 Å². The van der Waals surface area contributed by atoms with Gasteiger partial charge >= 0.3 is 0 Å². The number of ether oxygens (including phenoxy) is 1. The van der Waals surface area contributed by atoms with Gasteiger partial charge in [0.25, 0.3) is 0 Å². The van der Waals surface area contributed by atoms with E-state index in [0.29, 0.717) is 16.5 Å². The molecule has 1 saturated carbocycles. The lowest BCUT2D eigenvalue weighted by molar-refractivity contribution is -0.114. The third-order valence-corrected chi connectivity index (χ3v) is 4.11. The van der Waals surface area contributed by atoms with Gasteiger partial charge in [-0.15, -0.1) is 0 Å². The van der Waals surface area contributed by atoms with Crippen molar-refractivity contribution in [2.75, 3.05) is 12.4 Å². The zero-order valence-corrected chi connectivity index (χ0v) is 12.2. The van der Waals surface area contributed by atoms with Crippen molar-refractivity contribution in [2.45, 2.75) is 38.1 Å². The molecule has 1 aromatic rings. The van der Waals surface area contributed by atoms with Crippen LogP contribution in [0.25, 0.3) is 0 Å². The van der Waals surface area contributed by atoms with Crippen molar-refractivity contribution in [2.24, 2.45) is 5.73 Å². The molecule has 19 heavy (non-hydrogen) atoms. The molecule has 2 rings (SSSR count). The molecule has 3 N–H and O–H groups in total. The third-order valence-electron chi connectivity index (χ3n) is 3.80. The van der Waals surface area contributed by atoms with E-state index in [9.17, 15) is 4.79 Å². The summed E-state index contributed by atoms with van der Waals surface area (Å²) in [5, 5.41) is 3.46. The lowest BCUT2D eigenvalue weighted by Crippen LogP contribution is -2.33. The van der Waals surface area contributed by atoms with E-state index in [2.05, 4.69) is 5.32 Å². The zero-order chi connectivity index (χ0) is 14.2. The van der Waals surface area contributed by atoms with Gasteiger partial charge in [0, 0.05) is 29.0 Å². The van der Waals surface area contributed by atoms with Gasteiger partial charge in [0.15, 0.2) is 0 Å². The summed E-state index contributed by atoms with van der Waals surface area (Å²) in [4.78, 5) is 11.4. The van der Waals surface area contributed by atoms with E-state index in [-0.39, 0.29) is 17.4 Å². The van der Waals surface area contributed by atoms with Gasteiger partial charge in [0.1, 0.15) is 5.75 Å². The summed E-state index contributed by atoms with van der Waals surface area (Å²) in [6.07, 6.45) is 1.95. The third kappa shape index (κ3) is 2.42. The van der Waals surface area contributed by atoms with Gasteiger partial charge in [-0.05, 0) is 31.9 Å². The smallest absolute Gasteiger partial charge is 0.221 e. The number of nitrogens with two attached hydrogens (primary N) is 1. The molecule has 0 heterocycles. The Labute approximate surface area is 118 Å². The zero-order valence-electron chi connectivity index (χ0n) is 11.4. The Morgan fingerprint density at radius 3 is 2.58 bits per heavy atom. The molecule has 0 aliphatic heterocycles. The molecular weight excluding hydrogens is 264 g/mol. The number of carbonyl (C=O) groups excluding carboxylic acids is 1. The first kappa shape index (κ1) is 14.2. The van der Waals surface area contributed by atoms with Gasteiger partial charge < -0.3 is 15.8 Å². The maximum Gasteiger partial charge on any atom is 0.221 e. The molecule has 0 bridgehead atoms. The van der Waals surface area contributed by atoms with Gasteiger partial charge in [-0.25, -0.2) is 0 Å². The topological polar surface area (TPSA) is 64.3 Å². The van der Waals surface area contributed by atoms with Crippen LogP contribution in [0.1, 0.15) is 32.3 Å². The number of hydrogen-bond acceptors (Lipinski definition) is 3. The fourth-order valence-electron chi connectivity index (χ4n) is 2.58. The molecule has 1 aliphatic carbocycles. The van der Waals surface area contributed by atoms with E-state index in [1.54, 1.807) is 19.2 Å². The van der Waals surface area contributed by atoms with Crippen molar-refractivity contribution in [3.05, 3.63) is 22.7 Å². The molecular formula is C14H19ClN2O2. The predicted molar refractivity (Wildman–Crippen MR) is 76.9 cm³/mol. The number of carbonyl (C=O) groups is 1. The Balaban J connectivity index is 2.60. The van der Waals surface area contributed by atoms with Gasteiger partial charge in [0.2, 0.25) is 5.91 Å². The van der Waals surface area contributed by atoms with Crippen LogP contribution < -0.4 is 15.8 Å². The number of hydrogen-bond donors (Lipinski definition) is 2. The number of amides is 1. The SMILES string of the molecule is COc1ccc(Cl)c(C2(C(C)N)CC2)c1NC(C)=O. The fraction of sp³-hybridized carbons (Fsp3) is 0.500. The van der Waals surface area contributed by atoms with Crippen LogP contribution in [0.4, 0.5) is 5.69 Å². The summed E-state index contributed by atoms with van der Waals surface area (Å²) in [7, 11) is 1.57. The van der Waals surface area contributed by atoms with Gasteiger partial charge in [-0.3, -0.25) is 4.79 Å². The highest BCUT2D eigenvalue weighted by Crippen LogP contribution is 2.56. The highest BCUT2D eigenvalue weighted by atomic mass is 35.5. The molecule has 0 spiro atoms. The molecule has 1 amide bonds. The van der Waals surface area contributed by atoms with Crippen molar-refractivity contribution < 1.29 is 9.53 Å². The molecule has 1 aliphatic rings. The molecule has 0 saturated heterocycles. The minimum absolute atomic E-state index is 0.0235. The van der Waals surface area contributed by atoms with E-state index in [1.807, 2.05) is 6.92 Å². The van der Waals surface area contributed by atoms with Crippen LogP contribution in [0.15, 0.2) is 12.1 Å². The highest BCUT2D eigenvalue weighted by molar-refractivity contribution is 6.32. The number of nitrogens with one attached hydrogen (secondary N) is 1. The van der Waals surface area contributed by atoms with E-state index in [1.165, 1.54) is 6.92 Å². The molecule has 4 nitrogen and oxygen atoms in total. The Hall–Kier alpha value is -1.26. The summed E-state index contributed by atoms with van der Waals surface area (Å²) in [5.74, 6) is 0.462. The quantitative estimate of drug-likeness (QED) is 0.892. The normalized spacial score (nSPS) is 17.7. The maximum absolute atomic E-state index is 11.4. The standard InChI is InChI=1S/C14H19ClN2O2/c1-8(16)14(6-7-14)12-10(15)4-5-11(19-3)13(12)17-9(2)18/h4-5,8H,6-7,16H2,1-3H3,(H,17,18). The van der Waals surface area contributed by atoms with E-state index in [4.69, 9.17) is 22.1 Å². The minimum atomic E-state index is -0.151. The molecule has 0 aromatic heterocycles. The number of rotatable bonds is 4. The van der Waals surface area contributed by atoms with Crippen molar-refractivity contribution in [1.29, 1.82) is 0 Å². The van der Waals surface area contributed by atoms with Crippen LogP contribution in [0, 0.1) is 0 Å². The maximum atomic E-state index is 11.4. The molecule has 1 aromatic carbocycles. The van der Waals surface area contributed by atoms with Crippen LogP contribution in [0.3, 0.4) is 0 Å². The summed E-state index contributed by atoms with van der Waals surface area (Å²) in [5.41, 5.74) is 7.52. The molecule has 104 valence electrons. The second-order valence-corrected chi connectivity index (χ2v) is 5.53. The molecule has 1 unspecified atom stereocenters. The van der Waals surface area contributed by atoms with Crippen molar-refractivity contribution >= 4 is 23.2 Å². The number of benzene rings is 1. The Morgan fingerprint density at radius 2 is 2.16 bits per heavy atom. The summed E-state index contributed by atoms with van der Waals surface area (Å²) >= 11 is 6.35. The first-order valence-corrected chi connectivity index (χ1v) is 6.70. The Bertz CT molecular complexity index is 510. The van der Waals surface area contributed by atoms with Crippen LogP contribution >= 0.6 is 11.6 Å². The van der Waals surface area contributed by atoms with Crippen LogP contribution in [0.2, 0.25) is 5.02 Å². The van der Waals surface area contributed by atoms with Gasteiger partial charge in [0.05, 0.1) is 12.8 Å². The molecule has 0 radical (unpaired) electrons. The van der Waals surface area contributed by atoms with Crippen LogP contribution in [-0.2, 0) is 10.2 Å². The van der Waals surface area contributed by atoms with Crippen molar-refractivity contribution in [3.8, 4) is 5.75 Å². The average molecular weight is 283 g/mol. The van der Waals surface area contributed by atoms with E-state index in [0.717, 1.165) is 18.4 Å². The molecule has 5 heteroatoms. The summed E-state index contributed by atoms with van der Waals surface area (Å²) in [6.45, 7) is 3.44. The largest absolute Gasteiger partial charge is 0.495 e. The molecule has 1 atom stereocenters. The van der Waals surface area contributed by atoms with Crippen molar-refractivity contribution in [3.63, 3.8) is 0 Å². The van der Waals surface area contributed by atoms with Gasteiger partial charge in [-0.1, -0.05) is 11.6 Å². The van der Waals surface area contributed by atoms with E-state index >= 15 is 0 Å². The summed E-state index contributed by atoms with van der Waals surface area (Å²) < 4.78 is 5.33. The number of methoxy groups -OCH3 is 1. The first-order valence-electron chi connectivity index (χ1n) is 6.32. The van der Waals surface area contributed by atoms with Gasteiger partial charge in [-0.2, -0.15) is 0 Å². The Kier molecular flexibility index (Phi) is 3.74. The first-order chi connectivity index (χ1) is 8.92. The lowest BCUT2D eigenvalue weighted by atomic mass is 9.87. The second-order valence-electron chi connectivity index (χ2n) is 5.13. The lowest BCUT2D eigenvalue weighted by Gasteiger charge is -2.25. The molecule has 1 fully saturated rings. The number of anilines is 1. The second kappa shape index (κ2) is 5.02. The predicted octanol–water partition coefficient (Wildman–Crippen LogP) is 2.69. The monoisotopic (exact) mass is 282 g/mol. The van der Waals surface area contributed by atoms with Crippen LogP contribution in [-0.4, -0.2) is 19.1 Å². The minimum Gasteiger partial charge on any atom is -0.495 e. The highest BCUT2D eigenvalue weighted by Gasteiger charge is 2.50.